The summed E-state index contributed by atoms with van der Waals surface area (Å²) in [6, 6.07) is 0. The third kappa shape index (κ3) is 3.42. The molecule has 0 aromatic heterocycles. The van der Waals surface area contributed by atoms with Crippen molar-refractivity contribution in [1.29, 1.82) is 0 Å². The maximum Gasteiger partial charge on any atom is 0.240 e. The molecule has 3 unspecified atom stereocenters. The molecule has 0 aromatic rings. The highest BCUT2D eigenvalue weighted by atomic mass is 32.2. The van der Waals surface area contributed by atoms with Gasteiger partial charge in [0, 0.05) is 19.3 Å². The van der Waals surface area contributed by atoms with Gasteiger partial charge in [0.15, 0.2) is 9.84 Å². The van der Waals surface area contributed by atoms with E-state index in [0.717, 1.165) is 12.7 Å². The van der Waals surface area contributed by atoms with Crippen LogP contribution in [-0.4, -0.2) is 50.4 Å². The van der Waals surface area contributed by atoms with Crippen LogP contribution in [0.2, 0.25) is 0 Å². The minimum Gasteiger partial charge on any atom is -0.341 e. The van der Waals surface area contributed by atoms with Crippen LogP contribution in [0.3, 0.4) is 0 Å². The lowest BCUT2D eigenvalue weighted by Crippen LogP contribution is -2.49. The van der Waals surface area contributed by atoms with Crippen molar-refractivity contribution in [2.45, 2.75) is 25.5 Å². The van der Waals surface area contributed by atoms with Crippen molar-refractivity contribution in [3.05, 3.63) is 0 Å². The number of nitrogens with zero attached hydrogens (tertiary/aromatic N) is 1. The maximum atomic E-state index is 12.0. The summed E-state index contributed by atoms with van der Waals surface area (Å²) in [5.41, 5.74) is 5.66. The monoisotopic (exact) mass is 262 g/mol. The van der Waals surface area contributed by atoms with Crippen LogP contribution in [0.15, 0.2) is 0 Å². The number of carbonyl (C=O) groups excluding carboxylic acids is 1. The van der Waals surface area contributed by atoms with E-state index in [9.17, 15) is 13.2 Å². The molecule has 0 aromatic carbocycles. The molecule has 5 nitrogen and oxygen atoms in total. The van der Waals surface area contributed by atoms with Crippen molar-refractivity contribution in [1.82, 2.24) is 4.90 Å². The number of carbonyl (C=O) groups is 1. The second-order valence-electron chi connectivity index (χ2n) is 5.02. The first-order valence-electron chi connectivity index (χ1n) is 5.95. The molecule has 1 rings (SSSR count). The van der Waals surface area contributed by atoms with Gasteiger partial charge in [0.2, 0.25) is 5.91 Å². The second-order valence-corrected chi connectivity index (χ2v) is 7.38. The molecule has 0 spiro atoms. The lowest BCUT2D eigenvalue weighted by atomic mass is 9.87. The minimum absolute atomic E-state index is 0.277. The average Bonchev–Trinajstić information content (AvgIpc) is 2.26. The Labute approximate surface area is 103 Å². The largest absolute Gasteiger partial charge is 0.341 e. The Balaban J connectivity index is 2.72. The molecule has 3 atom stereocenters. The van der Waals surface area contributed by atoms with E-state index >= 15 is 0 Å². The fourth-order valence-electron chi connectivity index (χ4n) is 2.10. The summed E-state index contributed by atoms with van der Waals surface area (Å²) in [5, 5.41) is -0.950. The Morgan fingerprint density at radius 2 is 2.12 bits per heavy atom. The molecular formula is C11H22N2O3S. The van der Waals surface area contributed by atoms with E-state index in [1.807, 2.05) is 0 Å². The molecule has 2 N–H and O–H groups in total. The van der Waals surface area contributed by atoms with Crippen molar-refractivity contribution >= 4 is 15.7 Å². The Morgan fingerprint density at radius 3 is 2.59 bits per heavy atom. The zero-order valence-corrected chi connectivity index (χ0v) is 11.5. The van der Waals surface area contributed by atoms with Gasteiger partial charge in [-0.15, -0.1) is 0 Å². The first kappa shape index (κ1) is 14.4. The van der Waals surface area contributed by atoms with E-state index in [0.29, 0.717) is 25.6 Å². The fourth-order valence-corrected chi connectivity index (χ4v) is 2.61. The molecule has 6 heteroatoms. The average molecular weight is 262 g/mol. The molecule has 1 heterocycles. The first-order chi connectivity index (χ1) is 7.77. The molecule has 0 aliphatic carbocycles. The third-order valence-corrected chi connectivity index (χ3v) is 5.20. The highest BCUT2D eigenvalue weighted by molar-refractivity contribution is 7.92. The molecule has 17 heavy (non-hydrogen) atoms. The summed E-state index contributed by atoms with van der Waals surface area (Å²) < 4.78 is 22.7. The summed E-state index contributed by atoms with van der Waals surface area (Å²) in [6.07, 6.45) is 1.99. The van der Waals surface area contributed by atoms with Gasteiger partial charge in [0.25, 0.3) is 0 Å². The molecule has 0 bridgehead atoms. The predicted molar refractivity (Wildman–Crippen MR) is 67.2 cm³/mol. The van der Waals surface area contributed by atoms with Crippen molar-refractivity contribution in [3.8, 4) is 0 Å². The van der Waals surface area contributed by atoms with Crippen LogP contribution in [0.1, 0.15) is 20.3 Å². The number of hydrogen-bond acceptors (Lipinski definition) is 4. The summed E-state index contributed by atoms with van der Waals surface area (Å²) in [4.78, 5) is 13.7. The number of amides is 1. The highest BCUT2D eigenvalue weighted by Crippen LogP contribution is 2.23. The molecule has 1 saturated heterocycles. The van der Waals surface area contributed by atoms with Crippen molar-refractivity contribution < 1.29 is 13.2 Å². The Kier molecular flexibility index (Phi) is 4.55. The quantitative estimate of drug-likeness (QED) is 0.768. The Morgan fingerprint density at radius 1 is 1.53 bits per heavy atom. The number of likely N-dealkylation sites (tertiary alicyclic amines) is 1. The van der Waals surface area contributed by atoms with Crippen LogP contribution in [0.25, 0.3) is 0 Å². The SMILES string of the molecule is CC1CCN(C(=O)C(C)S(C)(=O)=O)CC1CN. The van der Waals surface area contributed by atoms with E-state index in [1.54, 1.807) is 4.90 Å². The summed E-state index contributed by atoms with van der Waals surface area (Å²) in [5.74, 6) is 0.481. The minimum atomic E-state index is -3.31. The van der Waals surface area contributed by atoms with Crippen LogP contribution in [0.5, 0.6) is 0 Å². The van der Waals surface area contributed by atoms with Crippen LogP contribution >= 0.6 is 0 Å². The van der Waals surface area contributed by atoms with E-state index in [-0.39, 0.29) is 11.8 Å². The third-order valence-electron chi connectivity index (χ3n) is 3.72. The zero-order valence-electron chi connectivity index (χ0n) is 10.7. The standard InChI is InChI=1S/C11H22N2O3S/c1-8-4-5-13(7-10(8)6-12)11(14)9(2)17(3,15)16/h8-10H,4-7,12H2,1-3H3. The smallest absolute Gasteiger partial charge is 0.240 e. The van der Waals surface area contributed by atoms with Gasteiger partial charge in [0.05, 0.1) is 0 Å². The Bertz CT molecular complexity index is 380. The highest BCUT2D eigenvalue weighted by Gasteiger charge is 2.33. The lowest BCUT2D eigenvalue weighted by Gasteiger charge is -2.37. The van der Waals surface area contributed by atoms with Gasteiger partial charge in [-0.05, 0) is 31.7 Å². The van der Waals surface area contributed by atoms with E-state index < -0.39 is 15.1 Å². The summed E-state index contributed by atoms with van der Waals surface area (Å²) >= 11 is 0. The van der Waals surface area contributed by atoms with Gasteiger partial charge in [-0.1, -0.05) is 6.92 Å². The molecule has 0 radical (unpaired) electrons. The summed E-state index contributed by atoms with van der Waals surface area (Å²) in [7, 11) is -3.31. The normalized spacial score (nSPS) is 27.9. The van der Waals surface area contributed by atoms with E-state index in [1.165, 1.54) is 6.92 Å². The van der Waals surface area contributed by atoms with Crippen molar-refractivity contribution in [2.24, 2.45) is 17.6 Å². The van der Waals surface area contributed by atoms with Crippen molar-refractivity contribution in [3.63, 3.8) is 0 Å². The van der Waals surface area contributed by atoms with Crippen LogP contribution in [-0.2, 0) is 14.6 Å². The first-order valence-corrected chi connectivity index (χ1v) is 7.90. The van der Waals surface area contributed by atoms with Gasteiger partial charge in [-0.3, -0.25) is 4.79 Å². The lowest BCUT2D eigenvalue weighted by molar-refractivity contribution is -0.132. The number of piperidine rings is 1. The second kappa shape index (κ2) is 5.35. The molecule has 0 saturated carbocycles. The fraction of sp³-hybridized carbons (Fsp3) is 0.909. The van der Waals surface area contributed by atoms with E-state index in [4.69, 9.17) is 5.73 Å². The van der Waals surface area contributed by atoms with Gasteiger partial charge < -0.3 is 10.6 Å². The molecule has 100 valence electrons. The number of nitrogens with two attached hydrogens (primary N) is 1. The van der Waals surface area contributed by atoms with Crippen LogP contribution < -0.4 is 5.73 Å². The predicted octanol–water partition coefficient (Wildman–Crippen LogP) is -0.137. The molecular weight excluding hydrogens is 240 g/mol. The summed E-state index contributed by atoms with van der Waals surface area (Å²) in [6.45, 7) is 5.33. The van der Waals surface area contributed by atoms with Gasteiger partial charge in [-0.2, -0.15) is 0 Å². The molecule has 1 amide bonds. The van der Waals surface area contributed by atoms with Crippen molar-refractivity contribution in [2.75, 3.05) is 25.9 Å². The number of sulfone groups is 1. The molecule has 1 fully saturated rings. The van der Waals surface area contributed by atoms with Gasteiger partial charge in [0.1, 0.15) is 5.25 Å². The Hall–Kier alpha value is -0.620. The molecule has 1 aliphatic rings. The van der Waals surface area contributed by atoms with Crippen LogP contribution in [0, 0.1) is 11.8 Å². The zero-order chi connectivity index (χ0) is 13.2. The number of rotatable bonds is 3. The topological polar surface area (TPSA) is 80.5 Å². The van der Waals surface area contributed by atoms with E-state index in [2.05, 4.69) is 6.92 Å². The van der Waals surface area contributed by atoms with Gasteiger partial charge in [-0.25, -0.2) is 8.42 Å². The van der Waals surface area contributed by atoms with Crippen LogP contribution in [0.4, 0.5) is 0 Å². The maximum absolute atomic E-state index is 12.0. The number of hydrogen-bond donors (Lipinski definition) is 1. The van der Waals surface area contributed by atoms with Gasteiger partial charge >= 0.3 is 0 Å². The molecule has 1 aliphatic heterocycles.